The van der Waals surface area contributed by atoms with Crippen LogP contribution in [-0.2, 0) is 12.7 Å². The standard InChI is InChI=1S/C11H11F3N4O/c1-6-4-17-10(19-6)5-16-9-3-7(11(12,13)14)2-8(15)18-9/h2-4H,5H2,1H3,(H3,15,16,18). The Balaban J connectivity index is 2.14. The molecule has 5 nitrogen and oxygen atoms in total. The molecule has 0 spiro atoms. The predicted octanol–water partition coefficient (Wildman–Crippen LogP) is 2.59. The number of aromatic nitrogens is 2. The minimum absolute atomic E-state index is 0.0168. The van der Waals surface area contributed by atoms with Gasteiger partial charge in [0.05, 0.1) is 18.3 Å². The Bertz CT molecular complexity index is 580. The number of anilines is 2. The summed E-state index contributed by atoms with van der Waals surface area (Å²) in [5.74, 6) is 0.785. The monoisotopic (exact) mass is 272 g/mol. The topological polar surface area (TPSA) is 77.0 Å². The van der Waals surface area contributed by atoms with Gasteiger partial charge in [0.25, 0.3) is 0 Å². The lowest BCUT2D eigenvalue weighted by atomic mass is 10.2. The van der Waals surface area contributed by atoms with Gasteiger partial charge in [-0.05, 0) is 19.1 Å². The quantitative estimate of drug-likeness (QED) is 0.898. The number of pyridine rings is 1. The molecule has 0 radical (unpaired) electrons. The second-order valence-electron chi connectivity index (χ2n) is 3.88. The molecule has 2 heterocycles. The van der Waals surface area contributed by atoms with Crippen molar-refractivity contribution in [2.75, 3.05) is 11.1 Å². The second-order valence-corrected chi connectivity index (χ2v) is 3.88. The van der Waals surface area contributed by atoms with E-state index in [1.165, 1.54) is 6.20 Å². The number of halogens is 3. The molecule has 2 aromatic rings. The number of nitrogens with two attached hydrogens (primary N) is 1. The van der Waals surface area contributed by atoms with Gasteiger partial charge < -0.3 is 15.5 Å². The van der Waals surface area contributed by atoms with Crippen molar-refractivity contribution in [2.24, 2.45) is 0 Å². The summed E-state index contributed by atoms with van der Waals surface area (Å²) in [6, 6.07) is 1.66. The Morgan fingerprint density at radius 3 is 2.68 bits per heavy atom. The van der Waals surface area contributed by atoms with Crippen LogP contribution in [0, 0.1) is 6.92 Å². The molecule has 0 saturated heterocycles. The molecule has 0 aliphatic carbocycles. The third-order valence-electron chi connectivity index (χ3n) is 2.26. The summed E-state index contributed by atoms with van der Waals surface area (Å²) in [5, 5.41) is 2.68. The first kappa shape index (κ1) is 13.2. The summed E-state index contributed by atoms with van der Waals surface area (Å²) in [6.07, 6.45) is -2.95. The van der Waals surface area contributed by atoms with E-state index >= 15 is 0 Å². The molecule has 0 saturated carbocycles. The van der Waals surface area contributed by atoms with Crippen LogP contribution in [0.2, 0.25) is 0 Å². The zero-order valence-electron chi connectivity index (χ0n) is 9.95. The van der Waals surface area contributed by atoms with Crippen molar-refractivity contribution in [1.29, 1.82) is 0 Å². The average molecular weight is 272 g/mol. The molecular formula is C11H11F3N4O. The molecule has 102 valence electrons. The predicted molar refractivity (Wildman–Crippen MR) is 62.2 cm³/mol. The molecule has 0 atom stereocenters. The second kappa shape index (κ2) is 4.79. The van der Waals surface area contributed by atoms with Crippen LogP contribution in [0.25, 0.3) is 0 Å². The minimum Gasteiger partial charge on any atom is -0.444 e. The largest absolute Gasteiger partial charge is 0.444 e. The summed E-state index contributed by atoms with van der Waals surface area (Å²) in [4.78, 5) is 7.68. The molecule has 0 aliphatic rings. The van der Waals surface area contributed by atoms with E-state index in [1.54, 1.807) is 6.92 Å². The summed E-state index contributed by atoms with van der Waals surface area (Å²) in [5.41, 5.74) is 4.48. The lowest BCUT2D eigenvalue weighted by Crippen LogP contribution is -2.09. The van der Waals surface area contributed by atoms with Crippen LogP contribution in [-0.4, -0.2) is 9.97 Å². The molecule has 0 aliphatic heterocycles. The average Bonchev–Trinajstić information content (AvgIpc) is 2.71. The Morgan fingerprint density at radius 1 is 1.37 bits per heavy atom. The highest BCUT2D eigenvalue weighted by Gasteiger charge is 2.31. The highest BCUT2D eigenvalue weighted by Crippen LogP contribution is 2.31. The maximum atomic E-state index is 12.6. The van der Waals surface area contributed by atoms with E-state index in [1.807, 2.05) is 0 Å². The van der Waals surface area contributed by atoms with Crippen molar-refractivity contribution < 1.29 is 17.6 Å². The molecule has 0 aromatic carbocycles. The van der Waals surface area contributed by atoms with Crippen molar-refractivity contribution in [3.63, 3.8) is 0 Å². The molecule has 0 unspecified atom stereocenters. The minimum atomic E-state index is -4.47. The fourth-order valence-corrected chi connectivity index (χ4v) is 1.46. The van der Waals surface area contributed by atoms with E-state index in [-0.39, 0.29) is 18.2 Å². The Labute approximate surface area is 106 Å². The van der Waals surface area contributed by atoms with Gasteiger partial charge in [-0.3, -0.25) is 0 Å². The van der Waals surface area contributed by atoms with Gasteiger partial charge in [0, 0.05) is 0 Å². The van der Waals surface area contributed by atoms with Gasteiger partial charge >= 0.3 is 6.18 Å². The van der Waals surface area contributed by atoms with Gasteiger partial charge in [-0.15, -0.1) is 0 Å². The third-order valence-corrected chi connectivity index (χ3v) is 2.26. The van der Waals surface area contributed by atoms with Crippen LogP contribution in [0.5, 0.6) is 0 Å². The Kier molecular flexibility index (Phi) is 3.32. The molecule has 8 heteroatoms. The number of nitrogen functional groups attached to an aromatic ring is 1. The lowest BCUT2D eigenvalue weighted by molar-refractivity contribution is -0.137. The molecule has 0 bridgehead atoms. The first-order chi connectivity index (χ1) is 8.84. The van der Waals surface area contributed by atoms with Gasteiger partial charge in [0.2, 0.25) is 5.89 Å². The number of nitrogens with zero attached hydrogens (tertiary/aromatic N) is 2. The number of hydrogen-bond acceptors (Lipinski definition) is 5. The molecule has 0 fully saturated rings. The smallest absolute Gasteiger partial charge is 0.416 e. The number of aryl methyl sites for hydroxylation is 1. The Morgan fingerprint density at radius 2 is 2.11 bits per heavy atom. The number of rotatable bonds is 3. The van der Waals surface area contributed by atoms with Crippen LogP contribution in [0.4, 0.5) is 24.8 Å². The summed E-state index contributed by atoms with van der Waals surface area (Å²) in [7, 11) is 0. The van der Waals surface area contributed by atoms with E-state index in [2.05, 4.69) is 15.3 Å². The molecule has 19 heavy (non-hydrogen) atoms. The van der Waals surface area contributed by atoms with E-state index in [4.69, 9.17) is 10.2 Å². The molecule has 0 amide bonds. The molecule has 2 rings (SSSR count). The van der Waals surface area contributed by atoms with E-state index in [9.17, 15) is 13.2 Å². The highest BCUT2D eigenvalue weighted by atomic mass is 19.4. The van der Waals surface area contributed by atoms with Crippen molar-refractivity contribution >= 4 is 11.6 Å². The molecule has 2 aromatic heterocycles. The number of oxazole rings is 1. The molecule has 3 N–H and O–H groups in total. The van der Waals surface area contributed by atoms with Crippen molar-refractivity contribution in [2.45, 2.75) is 19.6 Å². The number of nitrogens with one attached hydrogen (secondary N) is 1. The summed E-state index contributed by atoms with van der Waals surface area (Å²) >= 11 is 0. The van der Waals surface area contributed by atoms with Crippen LogP contribution in [0.15, 0.2) is 22.7 Å². The van der Waals surface area contributed by atoms with Crippen molar-refractivity contribution in [1.82, 2.24) is 9.97 Å². The van der Waals surface area contributed by atoms with Gasteiger partial charge in [-0.25, -0.2) is 9.97 Å². The first-order valence-electron chi connectivity index (χ1n) is 5.34. The van der Waals surface area contributed by atoms with E-state index in [0.717, 1.165) is 12.1 Å². The van der Waals surface area contributed by atoms with Gasteiger partial charge in [0.1, 0.15) is 17.4 Å². The van der Waals surface area contributed by atoms with Gasteiger partial charge in [0.15, 0.2) is 0 Å². The summed E-state index contributed by atoms with van der Waals surface area (Å²) in [6.45, 7) is 1.85. The summed E-state index contributed by atoms with van der Waals surface area (Å²) < 4.78 is 42.9. The van der Waals surface area contributed by atoms with E-state index in [0.29, 0.717) is 11.7 Å². The first-order valence-corrected chi connectivity index (χ1v) is 5.34. The fourth-order valence-electron chi connectivity index (χ4n) is 1.46. The third kappa shape index (κ3) is 3.36. The maximum absolute atomic E-state index is 12.6. The van der Waals surface area contributed by atoms with Crippen LogP contribution < -0.4 is 11.1 Å². The van der Waals surface area contributed by atoms with Gasteiger partial charge in [-0.2, -0.15) is 13.2 Å². The SMILES string of the molecule is Cc1cnc(CNc2cc(C(F)(F)F)cc(N)n2)o1. The van der Waals surface area contributed by atoms with Crippen LogP contribution >= 0.6 is 0 Å². The lowest BCUT2D eigenvalue weighted by Gasteiger charge is -2.10. The van der Waals surface area contributed by atoms with Crippen LogP contribution in [0.1, 0.15) is 17.2 Å². The normalized spacial score (nSPS) is 11.6. The zero-order valence-corrected chi connectivity index (χ0v) is 9.95. The highest BCUT2D eigenvalue weighted by molar-refractivity contribution is 5.47. The maximum Gasteiger partial charge on any atom is 0.416 e. The fraction of sp³-hybridized carbons (Fsp3) is 0.273. The van der Waals surface area contributed by atoms with Crippen molar-refractivity contribution in [3.8, 4) is 0 Å². The van der Waals surface area contributed by atoms with E-state index < -0.39 is 11.7 Å². The number of hydrogen-bond donors (Lipinski definition) is 2. The zero-order chi connectivity index (χ0) is 14.0. The van der Waals surface area contributed by atoms with Crippen molar-refractivity contribution in [3.05, 3.63) is 35.5 Å². The van der Waals surface area contributed by atoms with Gasteiger partial charge in [-0.1, -0.05) is 0 Å². The van der Waals surface area contributed by atoms with Crippen LogP contribution in [0.3, 0.4) is 0 Å². The Hall–Kier alpha value is -2.25. The number of alkyl halides is 3. The molecular weight excluding hydrogens is 261 g/mol.